The highest BCUT2D eigenvalue weighted by Gasteiger charge is 2.17. The molecule has 0 saturated carbocycles. The van der Waals surface area contributed by atoms with Gasteiger partial charge in [0.15, 0.2) is 0 Å². The summed E-state index contributed by atoms with van der Waals surface area (Å²) in [5.74, 6) is 0.00219. The molecule has 3 rings (SSSR count). The highest BCUT2D eigenvalue weighted by molar-refractivity contribution is 5.97. The molecule has 0 radical (unpaired) electrons. The van der Waals surface area contributed by atoms with Crippen molar-refractivity contribution in [3.8, 4) is 33.8 Å². The van der Waals surface area contributed by atoms with Crippen molar-refractivity contribution in [3.05, 3.63) is 72.3 Å². The Hall–Kier alpha value is -3.35. The Morgan fingerprint density at radius 2 is 1.06 bits per heavy atom. The minimum absolute atomic E-state index is 0.122. The number of benzene rings is 3. The van der Waals surface area contributed by atoms with Crippen molar-refractivity contribution in [2.24, 2.45) is 0 Å². The van der Waals surface area contributed by atoms with Crippen LogP contribution in [0, 0.1) is 0 Å². The van der Waals surface area contributed by atoms with Gasteiger partial charge in [0.2, 0.25) is 0 Å². The number of amides is 1. The lowest BCUT2D eigenvalue weighted by Crippen LogP contribution is -2.35. The molecule has 164 valence electrons. The normalized spacial score (nSPS) is 10.2. The molecule has 6 nitrogen and oxygen atoms in total. The quantitative estimate of drug-likeness (QED) is 0.462. The molecular formula is C25H29NO5. The van der Waals surface area contributed by atoms with Crippen molar-refractivity contribution < 1.29 is 25.2 Å². The van der Waals surface area contributed by atoms with Crippen molar-refractivity contribution in [1.82, 2.24) is 4.90 Å². The average Bonchev–Trinajstić information content (AvgIpc) is 2.80. The topological polar surface area (TPSA) is 101 Å². The smallest absolute Gasteiger partial charge is 0.254 e. The van der Waals surface area contributed by atoms with Crippen LogP contribution in [0.4, 0.5) is 0 Å². The van der Waals surface area contributed by atoms with Crippen LogP contribution in [0.15, 0.2) is 66.7 Å². The summed E-state index contributed by atoms with van der Waals surface area (Å²) in [6.07, 6.45) is 0. The van der Waals surface area contributed by atoms with Crippen LogP contribution in [0.2, 0.25) is 0 Å². The van der Waals surface area contributed by atoms with Crippen LogP contribution in [-0.4, -0.2) is 57.5 Å². The van der Waals surface area contributed by atoms with Gasteiger partial charge in [0.1, 0.15) is 11.5 Å². The Morgan fingerprint density at radius 1 is 0.677 bits per heavy atom. The lowest BCUT2D eigenvalue weighted by molar-refractivity contribution is 0.0685. The first-order valence-corrected chi connectivity index (χ1v) is 10.3. The Kier molecular flexibility index (Phi) is 9.06. The number of aromatic hydroxyl groups is 2. The van der Waals surface area contributed by atoms with Crippen molar-refractivity contribution in [3.63, 3.8) is 0 Å². The van der Waals surface area contributed by atoms with E-state index in [9.17, 15) is 25.2 Å². The van der Waals surface area contributed by atoms with Crippen molar-refractivity contribution in [1.29, 1.82) is 0 Å². The fraction of sp³-hybridized carbons (Fsp3) is 0.240. The molecule has 0 aliphatic rings. The number of hydrogen-bond donors (Lipinski definition) is 4. The molecule has 0 aliphatic heterocycles. The molecule has 4 N–H and O–H groups in total. The lowest BCUT2D eigenvalue weighted by atomic mass is 9.95. The predicted molar refractivity (Wildman–Crippen MR) is 122 cm³/mol. The summed E-state index contributed by atoms with van der Waals surface area (Å²) in [4.78, 5) is 14.4. The number of carbonyl (C=O) groups is 1. The van der Waals surface area contributed by atoms with Crippen LogP contribution in [0.5, 0.6) is 11.5 Å². The van der Waals surface area contributed by atoms with Gasteiger partial charge in [-0.25, -0.2) is 0 Å². The summed E-state index contributed by atoms with van der Waals surface area (Å²) in [5.41, 5.74) is 3.64. The maximum Gasteiger partial charge on any atom is 0.254 e. The second-order valence-corrected chi connectivity index (χ2v) is 6.63. The maximum atomic E-state index is 13.0. The van der Waals surface area contributed by atoms with Crippen LogP contribution >= 0.6 is 0 Å². The van der Waals surface area contributed by atoms with E-state index >= 15 is 0 Å². The molecule has 3 aromatic carbocycles. The zero-order valence-corrected chi connectivity index (χ0v) is 17.8. The highest BCUT2D eigenvalue weighted by Crippen LogP contribution is 2.30. The minimum Gasteiger partial charge on any atom is -0.508 e. The molecule has 0 aliphatic carbocycles. The third-order valence-electron chi connectivity index (χ3n) is 4.61. The second-order valence-electron chi connectivity index (χ2n) is 6.63. The first kappa shape index (κ1) is 23.9. The largest absolute Gasteiger partial charge is 0.508 e. The van der Waals surface area contributed by atoms with Gasteiger partial charge in [-0.3, -0.25) is 4.79 Å². The third kappa shape index (κ3) is 6.31. The highest BCUT2D eigenvalue weighted by atomic mass is 16.3. The van der Waals surface area contributed by atoms with E-state index in [1.807, 2.05) is 19.9 Å². The summed E-state index contributed by atoms with van der Waals surface area (Å²) in [7, 11) is 0. The first-order valence-electron chi connectivity index (χ1n) is 10.3. The van der Waals surface area contributed by atoms with Crippen molar-refractivity contribution in [2.75, 3.05) is 26.3 Å². The number of hydrogen-bond acceptors (Lipinski definition) is 5. The maximum absolute atomic E-state index is 13.0. The van der Waals surface area contributed by atoms with E-state index in [0.717, 1.165) is 22.3 Å². The Morgan fingerprint density at radius 3 is 1.42 bits per heavy atom. The van der Waals surface area contributed by atoms with Gasteiger partial charge >= 0.3 is 0 Å². The number of aliphatic hydroxyl groups is 2. The van der Waals surface area contributed by atoms with E-state index in [2.05, 4.69) is 0 Å². The molecule has 0 unspecified atom stereocenters. The SMILES string of the molecule is CC.O=C(c1cc(-c2ccc(O)cc2)cc(-c2ccc(O)cc2)c1)N(CCO)CCO. The van der Waals surface area contributed by atoms with E-state index in [1.165, 1.54) is 4.90 Å². The van der Waals surface area contributed by atoms with Gasteiger partial charge in [0.05, 0.1) is 13.2 Å². The Bertz CT molecular complexity index is 898. The first-order chi connectivity index (χ1) is 15.0. The van der Waals surface area contributed by atoms with Crippen molar-refractivity contribution in [2.45, 2.75) is 13.8 Å². The van der Waals surface area contributed by atoms with Crippen LogP contribution in [0.25, 0.3) is 22.3 Å². The van der Waals surface area contributed by atoms with Crippen molar-refractivity contribution >= 4 is 5.91 Å². The fourth-order valence-corrected chi connectivity index (χ4v) is 3.13. The number of nitrogens with zero attached hydrogens (tertiary/aromatic N) is 1. The molecule has 6 heteroatoms. The molecule has 1 amide bonds. The molecule has 0 fully saturated rings. The van der Waals surface area contributed by atoms with Crippen LogP contribution in [0.3, 0.4) is 0 Å². The zero-order chi connectivity index (χ0) is 22.8. The summed E-state index contributed by atoms with van der Waals surface area (Å²) in [5, 5.41) is 37.6. The molecule has 0 aromatic heterocycles. The summed E-state index contributed by atoms with van der Waals surface area (Å²) >= 11 is 0. The summed E-state index contributed by atoms with van der Waals surface area (Å²) in [6, 6.07) is 18.8. The van der Waals surface area contributed by atoms with E-state index in [1.54, 1.807) is 60.7 Å². The molecule has 0 bridgehead atoms. The molecular weight excluding hydrogens is 394 g/mol. The lowest BCUT2D eigenvalue weighted by Gasteiger charge is -2.21. The van der Waals surface area contributed by atoms with Gasteiger partial charge in [-0.1, -0.05) is 38.1 Å². The second kappa shape index (κ2) is 11.7. The number of phenols is 2. The molecule has 0 heterocycles. The Labute approximate surface area is 182 Å². The zero-order valence-electron chi connectivity index (χ0n) is 17.8. The standard InChI is InChI=1S/C23H23NO5.C2H6/c25-11-9-24(10-12-26)23(29)20-14-18(16-1-5-21(27)6-2-16)13-19(15-20)17-3-7-22(28)8-4-17;1-2/h1-8,13-15,25-28H,9-12H2;1-2H3. The fourth-order valence-electron chi connectivity index (χ4n) is 3.13. The van der Waals surface area contributed by atoms with E-state index < -0.39 is 0 Å². The average molecular weight is 424 g/mol. The van der Waals surface area contributed by atoms with E-state index in [4.69, 9.17) is 0 Å². The molecule has 31 heavy (non-hydrogen) atoms. The van der Waals surface area contributed by atoms with E-state index in [0.29, 0.717) is 5.56 Å². The number of rotatable bonds is 7. The summed E-state index contributed by atoms with van der Waals surface area (Å²) < 4.78 is 0. The van der Waals surface area contributed by atoms with Crippen LogP contribution < -0.4 is 0 Å². The van der Waals surface area contributed by atoms with Crippen LogP contribution in [-0.2, 0) is 0 Å². The van der Waals surface area contributed by atoms with Gasteiger partial charge in [-0.2, -0.15) is 0 Å². The minimum atomic E-state index is -0.297. The molecule has 0 saturated heterocycles. The van der Waals surface area contributed by atoms with Gasteiger partial charge in [-0.15, -0.1) is 0 Å². The summed E-state index contributed by atoms with van der Waals surface area (Å²) in [6.45, 7) is 3.84. The molecule has 0 atom stereocenters. The predicted octanol–water partition coefficient (Wildman–Crippen LogP) is 3.88. The number of carbonyl (C=O) groups excluding carboxylic acids is 1. The van der Waals surface area contributed by atoms with Gasteiger partial charge in [0, 0.05) is 18.7 Å². The number of aliphatic hydroxyl groups excluding tert-OH is 2. The third-order valence-corrected chi connectivity index (χ3v) is 4.61. The number of phenolic OH excluding ortho intramolecular Hbond substituents is 2. The molecule has 3 aromatic rings. The van der Waals surface area contributed by atoms with Gasteiger partial charge < -0.3 is 25.3 Å². The Balaban J connectivity index is 0.00000166. The van der Waals surface area contributed by atoms with Gasteiger partial charge in [0.25, 0.3) is 5.91 Å². The van der Waals surface area contributed by atoms with E-state index in [-0.39, 0.29) is 43.7 Å². The molecule has 0 spiro atoms. The van der Waals surface area contributed by atoms with Gasteiger partial charge in [-0.05, 0) is 64.7 Å². The van der Waals surface area contributed by atoms with Crippen LogP contribution in [0.1, 0.15) is 24.2 Å². The monoisotopic (exact) mass is 423 g/mol.